The fraction of sp³-hybridized carbons (Fsp3) is 0.333. The van der Waals surface area contributed by atoms with Crippen molar-refractivity contribution in [1.29, 1.82) is 0 Å². The van der Waals surface area contributed by atoms with E-state index in [0.29, 0.717) is 29.4 Å². The lowest BCUT2D eigenvalue weighted by atomic mass is 10.0. The van der Waals surface area contributed by atoms with Crippen molar-refractivity contribution in [1.82, 2.24) is 14.9 Å². The molecule has 0 bridgehead atoms. The van der Waals surface area contributed by atoms with E-state index in [9.17, 15) is 18.0 Å². The summed E-state index contributed by atoms with van der Waals surface area (Å²) in [6, 6.07) is 13.1. The van der Waals surface area contributed by atoms with Crippen LogP contribution in [0, 0.1) is 11.8 Å². The summed E-state index contributed by atoms with van der Waals surface area (Å²) in [6.45, 7) is 18.3. The predicted molar refractivity (Wildman–Crippen MR) is 206 cm³/mol. The van der Waals surface area contributed by atoms with Crippen LogP contribution in [-0.4, -0.2) is 51.1 Å². The first-order chi connectivity index (χ1) is 24.4. The Morgan fingerprint density at radius 3 is 2.51 bits per heavy atom. The van der Waals surface area contributed by atoms with Gasteiger partial charge in [0.2, 0.25) is 11.7 Å². The van der Waals surface area contributed by atoms with Gasteiger partial charge >= 0.3 is 5.97 Å². The van der Waals surface area contributed by atoms with Gasteiger partial charge in [0.25, 0.3) is 15.9 Å². The highest BCUT2D eigenvalue weighted by molar-refractivity contribution is 7.93. The van der Waals surface area contributed by atoms with Gasteiger partial charge in [0.15, 0.2) is 0 Å². The van der Waals surface area contributed by atoms with E-state index in [1.165, 1.54) is 50.5 Å². The fourth-order valence-corrected chi connectivity index (χ4v) is 5.40. The fourth-order valence-electron chi connectivity index (χ4n) is 4.56. The molecule has 51 heavy (non-hydrogen) atoms. The van der Waals surface area contributed by atoms with Crippen LogP contribution in [0.25, 0.3) is 17.5 Å². The number of anilines is 2. The lowest BCUT2D eigenvalue weighted by Crippen LogP contribution is -2.35. The Balaban J connectivity index is 0.00000442. The molecule has 3 rings (SSSR count). The number of hydrogen-bond donors (Lipinski definition) is 2. The topological polar surface area (TPSA) is 144 Å². The average Bonchev–Trinajstić information content (AvgIpc) is 3.60. The largest absolute Gasteiger partial charge is 0.465 e. The Morgan fingerprint density at radius 2 is 1.84 bits per heavy atom. The van der Waals surface area contributed by atoms with Crippen molar-refractivity contribution in [3.63, 3.8) is 0 Å². The molecule has 1 atom stereocenters. The second-order valence-corrected chi connectivity index (χ2v) is 13.6. The number of ether oxygens (including phenoxy) is 1. The van der Waals surface area contributed by atoms with Gasteiger partial charge in [-0.1, -0.05) is 81.9 Å². The van der Waals surface area contributed by atoms with Crippen molar-refractivity contribution in [2.45, 2.75) is 54.0 Å². The molecular weight excluding hydrogens is 667 g/mol. The van der Waals surface area contributed by atoms with E-state index in [0.717, 1.165) is 29.9 Å². The van der Waals surface area contributed by atoms with E-state index in [1.54, 1.807) is 18.2 Å². The number of hydrogen-bond acceptors (Lipinski definition) is 10. The number of allylic oxidation sites excluding steroid dienone is 6. The summed E-state index contributed by atoms with van der Waals surface area (Å²) >= 11 is 0. The van der Waals surface area contributed by atoms with E-state index >= 15 is 0 Å². The molecular formula is C39H51N5O6S. The highest BCUT2D eigenvalue weighted by Crippen LogP contribution is 2.31. The standard InChI is InChI=1S/C37H45N5O6S.C2H6/c1-8-10-11-14-27(5)49(45,46)41-36(43)29(13-9-2)18-20-34-39-35(40-48-34)30-17-19-33(42(6)22-21-26(3)4)32(24-30)38-25-28-15-12-16-31(23-28)37(44)47-7;1-2/h8-12,14-20,23-24,26,29,38H,1-2,13,21-22,25H2,3-7H3,(H,41,43);1-2H3/b11-10-,20-18+,27-14+;. The van der Waals surface area contributed by atoms with Crippen LogP contribution >= 0.6 is 0 Å². The third kappa shape index (κ3) is 13.2. The smallest absolute Gasteiger partial charge is 0.337 e. The Kier molecular flexibility index (Phi) is 17.3. The summed E-state index contributed by atoms with van der Waals surface area (Å²) in [5.74, 6) is -0.974. The first kappa shape index (κ1) is 41.9. The van der Waals surface area contributed by atoms with Gasteiger partial charge in [0.05, 0.1) is 34.9 Å². The van der Waals surface area contributed by atoms with Crippen molar-refractivity contribution in [3.8, 4) is 11.4 Å². The summed E-state index contributed by atoms with van der Waals surface area (Å²) in [5.41, 5.74) is 3.87. The molecule has 11 nitrogen and oxygen atoms in total. The van der Waals surface area contributed by atoms with Gasteiger partial charge in [-0.05, 0) is 67.7 Å². The van der Waals surface area contributed by atoms with Gasteiger partial charge < -0.3 is 19.5 Å². The number of amides is 1. The van der Waals surface area contributed by atoms with Gasteiger partial charge in [-0.3, -0.25) is 4.79 Å². The summed E-state index contributed by atoms with van der Waals surface area (Å²) in [4.78, 5) is 31.6. The third-order valence-electron chi connectivity index (χ3n) is 7.45. The van der Waals surface area contributed by atoms with E-state index in [-0.39, 0.29) is 17.2 Å². The van der Waals surface area contributed by atoms with Crippen LogP contribution in [0.15, 0.2) is 102 Å². The van der Waals surface area contributed by atoms with E-state index in [4.69, 9.17) is 9.26 Å². The second-order valence-electron chi connectivity index (χ2n) is 11.7. The monoisotopic (exact) mass is 717 g/mol. The van der Waals surface area contributed by atoms with Crippen molar-refractivity contribution < 1.29 is 27.3 Å². The number of nitrogens with zero attached hydrogens (tertiary/aromatic N) is 3. The Hall–Kier alpha value is -5.23. The SMILES string of the molecule is C=C/C=C\C=C(/C)S(=O)(=O)NC(=O)C(/C=C/c1nc(-c2ccc(N(C)CCC(C)C)c(NCc3cccc(C(=O)OC)c3)c2)no1)CC=C.CC. The van der Waals surface area contributed by atoms with Gasteiger partial charge in [0.1, 0.15) is 0 Å². The van der Waals surface area contributed by atoms with Crippen LogP contribution in [-0.2, 0) is 26.1 Å². The molecule has 0 radical (unpaired) electrons. The van der Waals surface area contributed by atoms with Gasteiger partial charge in [-0.2, -0.15) is 4.98 Å². The molecule has 0 aliphatic heterocycles. The number of rotatable bonds is 18. The minimum atomic E-state index is -4.04. The summed E-state index contributed by atoms with van der Waals surface area (Å²) in [7, 11) is -0.653. The van der Waals surface area contributed by atoms with Gasteiger partial charge in [0, 0.05) is 31.8 Å². The van der Waals surface area contributed by atoms with Crippen molar-refractivity contribution in [3.05, 3.63) is 114 Å². The zero-order chi connectivity index (χ0) is 38.0. The van der Waals surface area contributed by atoms with Gasteiger partial charge in [-0.15, -0.1) is 6.58 Å². The maximum atomic E-state index is 12.9. The summed E-state index contributed by atoms with van der Waals surface area (Å²) < 4.78 is 37.7. The van der Waals surface area contributed by atoms with Crippen LogP contribution in [0.1, 0.15) is 69.3 Å². The molecule has 1 amide bonds. The minimum Gasteiger partial charge on any atom is -0.465 e. The minimum absolute atomic E-state index is 0.0254. The van der Waals surface area contributed by atoms with E-state index < -0.39 is 27.8 Å². The number of esters is 1. The van der Waals surface area contributed by atoms with Crippen LogP contribution in [0.4, 0.5) is 11.4 Å². The Bertz CT molecular complexity index is 1820. The zero-order valence-electron chi connectivity index (χ0n) is 30.7. The van der Waals surface area contributed by atoms with Crippen LogP contribution in [0.3, 0.4) is 0 Å². The van der Waals surface area contributed by atoms with Crippen LogP contribution < -0.4 is 14.9 Å². The first-order valence-corrected chi connectivity index (χ1v) is 18.3. The molecule has 0 aliphatic carbocycles. The maximum Gasteiger partial charge on any atom is 0.337 e. The number of benzene rings is 2. The van der Waals surface area contributed by atoms with Crippen molar-refractivity contribution in [2.75, 3.05) is 30.9 Å². The maximum absolute atomic E-state index is 12.9. The number of nitrogens with one attached hydrogen (secondary N) is 2. The number of carbonyl (C=O) groups excluding carboxylic acids is 2. The molecule has 0 spiro atoms. The molecule has 0 aliphatic rings. The normalized spacial score (nSPS) is 12.3. The van der Waals surface area contributed by atoms with Crippen LogP contribution in [0.2, 0.25) is 0 Å². The summed E-state index contributed by atoms with van der Waals surface area (Å²) in [5, 5.41) is 7.64. The molecule has 0 saturated heterocycles. The third-order valence-corrected chi connectivity index (χ3v) is 8.90. The molecule has 2 aromatic carbocycles. The van der Waals surface area contributed by atoms with Gasteiger partial charge in [-0.25, -0.2) is 17.9 Å². The summed E-state index contributed by atoms with van der Waals surface area (Å²) in [6.07, 6.45) is 11.7. The highest BCUT2D eigenvalue weighted by atomic mass is 32.2. The average molecular weight is 718 g/mol. The number of sulfonamides is 1. The molecule has 0 fully saturated rings. The lowest BCUT2D eigenvalue weighted by molar-refractivity contribution is -0.121. The molecule has 0 saturated carbocycles. The Morgan fingerprint density at radius 1 is 1.10 bits per heavy atom. The molecule has 274 valence electrons. The van der Waals surface area contributed by atoms with E-state index in [1.807, 2.05) is 51.2 Å². The molecule has 3 aromatic rings. The van der Waals surface area contributed by atoms with E-state index in [2.05, 4.69) is 52.1 Å². The number of methoxy groups -OCH3 is 1. The molecule has 1 aromatic heterocycles. The predicted octanol–water partition coefficient (Wildman–Crippen LogP) is 7.94. The van der Waals surface area contributed by atoms with Crippen LogP contribution in [0.5, 0.6) is 0 Å². The van der Waals surface area contributed by atoms with Crippen molar-refractivity contribution in [2.24, 2.45) is 11.8 Å². The quantitative estimate of drug-likeness (QED) is 0.0756. The molecule has 1 unspecified atom stereocenters. The number of aromatic nitrogens is 2. The van der Waals surface area contributed by atoms with Crippen molar-refractivity contribution >= 4 is 39.4 Å². The zero-order valence-corrected chi connectivity index (χ0v) is 31.5. The second kappa shape index (κ2) is 21.1. The highest BCUT2D eigenvalue weighted by Gasteiger charge is 2.22. The lowest BCUT2D eigenvalue weighted by Gasteiger charge is -2.24. The first-order valence-electron chi connectivity index (χ1n) is 16.8. The Labute approximate surface area is 302 Å². The molecule has 12 heteroatoms. The molecule has 1 heterocycles. The molecule has 2 N–H and O–H groups in total. The number of carbonyl (C=O) groups is 2.